The lowest BCUT2D eigenvalue weighted by Gasteiger charge is -2.21. The second-order valence-corrected chi connectivity index (χ2v) is 6.27. The number of urea groups is 1. The van der Waals surface area contributed by atoms with Gasteiger partial charge in [-0.2, -0.15) is 0 Å². The highest BCUT2D eigenvalue weighted by atomic mass is 16.5. The summed E-state index contributed by atoms with van der Waals surface area (Å²) in [6, 6.07) is -0.0830. The molecular formula is C15H26N4O2. The molecular weight excluding hydrogens is 268 g/mol. The summed E-state index contributed by atoms with van der Waals surface area (Å²) in [7, 11) is 4.14. The van der Waals surface area contributed by atoms with Crippen LogP contribution >= 0.6 is 0 Å². The number of nitrogens with zero attached hydrogens (tertiary/aromatic N) is 3. The number of carbonyl (C=O) groups is 1. The molecule has 1 N–H and O–H groups in total. The van der Waals surface area contributed by atoms with Crippen LogP contribution in [0.15, 0.2) is 4.52 Å². The highest BCUT2D eigenvalue weighted by Crippen LogP contribution is 2.22. The van der Waals surface area contributed by atoms with Gasteiger partial charge in [0.15, 0.2) is 0 Å². The van der Waals surface area contributed by atoms with E-state index in [4.69, 9.17) is 4.52 Å². The monoisotopic (exact) mass is 294 g/mol. The SMILES string of the molecule is Cc1noc(C)c1[C@@H](C)NC(=O)N1CC[C@H](CN(C)C)C1. The molecule has 1 aliphatic heterocycles. The van der Waals surface area contributed by atoms with Gasteiger partial charge in [-0.1, -0.05) is 5.16 Å². The Morgan fingerprint density at radius 1 is 1.52 bits per heavy atom. The van der Waals surface area contributed by atoms with E-state index in [-0.39, 0.29) is 12.1 Å². The fourth-order valence-electron chi connectivity index (χ4n) is 3.14. The predicted molar refractivity (Wildman–Crippen MR) is 81.2 cm³/mol. The molecule has 1 saturated heterocycles. The van der Waals surface area contributed by atoms with Crippen molar-refractivity contribution in [2.24, 2.45) is 5.92 Å². The Morgan fingerprint density at radius 2 is 2.24 bits per heavy atom. The average molecular weight is 294 g/mol. The fraction of sp³-hybridized carbons (Fsp3) is 0.733. The predicted octanol–water partition coefficient (Wildman–Crippen LogP) is 1.95. The van der Waals surface area contributed by atoms with Crippen LogP contribution in [-0.2, 0) is 0 Å². The van der Waals surface area contributed by atoms with Gasteiger partial charge in [0, 0.05) is 25.2 Å². The molecule has 2 atom stereocenters. The Labute approximate surface area is 126 Å². The minimum atomic E-state index is -0.0864. The number of aromatic nitrogens is 1. The molecule has 21 heavy (non-hydrogen) atoms. The first kappa shape index (κ1) is 15.8. The van der Waals surface area contributed by atoms with Crippen molar-refractivity contribution >= 4 is 6.03 Å². The maximum atomic E-state index is 12.4. The molecule has 1 fully saturated rings. The van der Waals surface area contributed by atoms with Crippen molar-refractivity contribution in [1.82, 2.24) is 20.3 Å². The van der Waals surface area contributed by atoms with E-state index in [1.165, 1.54) is 0 Å². The first-order valence-corrected chi connectivity index (χ1v) is 7.51. The Morgan fingerprint density at radius 3 is 2.81 bits per heavy atom. The van der Waals surface area contributed by atoms with E-state index in [0.717, 1.165) is 43.1 Å². The number of carbonyl (C=O) groups excluding carboxylic acids is 1. The molecule has 0 bridgehead atoms. The van der Waals surface area contributed by atoms with Gasteiger partial charge in [0.2, 0.25) is 0 Å². The van der Waals surface area contributed by atoms with Crippen molar-refractivity contribution in [2.45, 2.75) is 33.2 Å². The van der Waals surface area contributed by atoms with Gasteiger partial charge < -0.3 is 19.6 Å². The molecule has 0 unspecified atom stereocenters. The van der Waals surface area contributed by atoms with Crippen LogP contribution in [-0.4, -0.2) is 54.7 Å². The molecule has 6 heteroatoms. The van der Waals surface area contributed by atoms with Crippen LogP contribution in [0.5, 0.6) is 0 Å². The average Bonchev–Trinajstić information content (AvgIpc) is 2.96. The van der Waals surface area contributed by atoms with Gasteiger partial charge in [-0.15, -0.1) is 0 Å². The van der Waals surface area contributed by atoms with Crippen LogP contribution in [0.4, 0.5) is 4.79 Å². The third kappa shape index (κ3) is 3.75. The van der Waals surface area contributed by atoms with Gasteiger partial charge in [-0.3, -0.25) is 0 Å². The third-order valence-electron chi connectivity index (χ3n) is 4.06. The van der Waals surface area contributed by atoms with Crippen LogP contribution in [0, 0.1) is 19.8 Å². The summed E-state index contributed by atoms with van der Waals surface area (Å²) in [5.41, 5.74) is 1.82. The summed E-state index contributed by atoms with van der Waals surface area (Å²) in [6.45, 7) is 8.44. The molecule has 1 aromatic heterocycles. The van der Waals surface area contributed by atoms with E-state index < -0.39 is 0 Å². The molecule has 0 aromatic carbocycles. The van der Waals surface area contributed by atoms with Gasteiger partial charge in [0.05, 0.1) is 11.7 Å². The van der Waals surface area contributed by atoms with Gasteiger partial charge in [0.1, 0.15) is 5.76 Å². The zero-order valence-corrected chi connectivity index (χ0v) is 13.6. The van der Waals surface area contributed by atoms with Crippen LogP contribution in [0.3, 0.4) is 0 Å². The van der Waals surface area contributed by atoms with Crippen LogP contribution < -0.4 is 5.32 Å². The van der Waals surface area contributed by atoms with E-state index in [1.54, 1.807) is 0 Å². The van der Waals surface area contributed by atoms with Crippen LogP contribution in [0.1, 0.15) is 36.4 Å². The lowest BCUT2D eigenvalue weighted by Crippen LogP contribution is -2.40. The smallest absolute Gasteiger partial charge is 0.317 e. The maximum absolute atomic E-state index is 12.4. The second-order valence-electron chi connectivity index (χ2n) is 6.27. The standard InChI is InChI=1S/C15H26N4O2/c1-10(14-11(2)17-21-12(14)3)16-15(20)19-7-6-13(9-19)8-18(4)5/h10,13H,6-9H2,1-5H3,(H,16,20)/t10-,13-/m1/s1. The van der Waals surface area contributed by atoms with Crippen molar-refractivity contribution in [1.29, 1.82) is 0 Å². The van der Waals surface area contributed by atoms with Gasteiger partial charge in [0.25, 0.3) is 0 Å². The van der Waals surface area contributed by atoms with E-state index in [9.17, 15) is 4.79 Å². The number of hydrogen-bond acceptors (Lipinski definition) is 4. The fourth-order valence-corrected chi connectivity index (χ4v) is 3.14. The van der Waals surface area contributed by atoms with E-state index >= 15 is 0 Å². The largest absolute Gasteiger partial charge is 0.361 e. The van der Waals surface area contributed by atoms with Crippen molar-refractivity contribution in [2.75, 3.05) is 33.7 Å². The molecule has 0 radical (unpaired) electrons. The number of likely N-dealkylation sites (tertiary alicyclic amines) is 1. The molecule has 2 rings (SSSR count). The highest BCUT2D eigenvalue weighted by Gasteiger charge is 2.28. The molecule has 118 valence electrons. The Hall–Kier alpha value is -1.56. The summed E-state index contributed by atoms with van der Waals surface area (Å²) in [5.74, 6) is 1.34. The van der Waals surface area contributed by atoms with Crippen LogP contribution in [0.2, 0.25) is 0 Å². The molecule has 2 amide bonds. The summed E-state index contributed by atoms with van der Waals surface area (Å²) >= 11 is 0. The molecule has 6 nitrogen and oxygen atoms in total. The van der Waals surface area contributed by atoms with Crippen molar-refractivity contribution in [3.63, 3.8) is 0 Å². The van der Waals surface area contributed by atoms with Gasteiger partial charge in [-0.05, 0) is 47.2 Å². The highest BCUT2D eigenvalue weighted by molar-refractivity contribution is 5.75. The topological polar surface area (TPSA) is 61.6 Å². The molecule has 0 spiro atoms. The Kier molecular flexibility index (Phi) is 4.88. The maximum Gasteiger partial charge on any atom is 0.317 e. The molecule has 0 saturated carbocycles. The number of amides is 2. The van der Waals surface area contributed by atoms with Gasteiger partial charge in [-0.25, -0.2) is 4.79 Å². The van der Waals surface area contributed by atoms with Crippen LogP contribution in [0.25, 0.3) is 0 Å². The minimum absolute atomic E-state index is 0.00348. The number of hydrogen-bond donors (Lipinski definition) is 1. The minimum Gasteiger partial charge on any atom is -0.361 e. The summed E-state index contributed by atoms with van der Waals surface area (Å²) in [5, 5.41) is 6.99. The summed E-state index contributed by atoms with van der Waals surface area (Å²) < 4.78 is 5.16. The van der Waals surface area contributed by atoms with E-state index in [0.29, 0.717) is 5.92 Å². The molecule has 0 aliphatic carbocycles. The zero-order chi connectivity index (χ0) is 15.6. The molecule has 2 heterocycles. The van der Waals surface area contributed by atoms with Crippen molar-refractivity contribution in [3.8, 4) is 0 Å². The van der Waals surface area contributed by atoms with Crippen molar-refractivity contribution < 1.29 is 9.32 Å². The Balaban J connectivity index is 1.90. The quantitative estimate of drug-likeness (QED) is 0.922. The lowest BCUT2D eigenvalue weighted by atomic mass is 10.1. The summed E-state index contributed by atoms with van der Waals surface area (Å²) in [6.07, 6.45) is 1.07. The normalized spacial score (nSPS) is 20.1. The first-order chi connectivity index (χ1) is 9.88. The molecule has 1 aromatic rings. The number of rotatable bonds is 4. The second kappa shape index (κ2) is 6.47. The third-order valence-corrected chi connectivity index (χ3v) is 4.06. The zero-order valence-electron chi connectivity index (χ0n) is 13.6. The van der Waals surface area contributed by atoms with E-state index in [2.05, 4.69) is 29.5 Å². The molecule has 1 aliphatic rings. The Bertz CT molecular complexity index is 478. The van der Waals surface area contributed by atoms with Gasteiger partial charge >= 0.3 is 6.03 Å². The first-order valence-electron chi connectivity index (χ1n) is 7.51. The lowest BCUT2D eigenvalue weighted by molar-refractivity contribution is 0.202. The van der Waals surface area contributed by atoms with Crippen molar-refractivity contribution in [3.05, 3.63) is 17.0 Å². The number of aryl methyl sites for hydroxylation is 2. The number of nitrogens with one attached hydrogen (secondary N) is 1. The van der Waals surface area contributed by atoms with E-state index in [1.807, 2.05) is 25.7 Å². The summed E-state index contributed by atoms with van der Waals surface area (Å²) in [4.78, 5) is 16.4.